The van der Waals surface area contributed by atoms with Crippen molar-refractivity contribution in [3.8, 4) is 0 Å². The Morgan fingerprint density at radius 1 is 1.00 bits per heavy atom. The zero-order chi connectivity index (χ0) is 12.4. The first-order valence-corrected chi connectivity index (χ1v) is 8.04. The molecule has 3 heteroatoms. The van der Waals surface area contributed by atoms with Gasteiger partial charge in [-0.05, 0) is 65.1 Å². The molecular formula is C15H29N3. The van der Waals surface area contributed by atoms with Crippen LogP contribution in [0.1, 0.15) is 45.4 Å². The predicted octanol–water partition coefficient (Wildman–Crippen LogP) is 1.69. The summed E-state index contributed by atoms with van der Waals surface area (Å²) < 4.78 is 0. The Bertz CT molecular complexity index is 258. The second kappa shape index (κ2) is 5.89. The van der Waals surface area contributed by atoms with Gasteiger partial charge in [0.25, 0.3) is 0 Å². The number of hydrogen-bond donors (Lipinski definition) is 1. The molecule has 0 aromatic carbocycles. The van der Waals surface area contributed by atoms with Crippen LogP contribution >= 0.6 is 0 Å². The van der Waals surface area contributed by atoms with E-state index in [0.717, 1.165) is 18.1 Å². The number of rotatable bonds is 5. The third-order valence-electron chi connectivity index (χ3n) is 4.85. The molecule has 0 radical (unpaired) electrons. The van der Waals surface area contributed by atoms with Crippen molar-refractivity contribution in [3.63, 3.8) is 0 Å². The van der Waals surface area contributed by atoms with Crippen molar-refractivity contribution in [1.82, 2.24) is 15.1 Å². The molecule has 104 valence electrons. The molecule has 0 aromatic heterocycles. The minimum Gasteiger partial charge on any atom is -0.310 e. The van der Waals surface area contributed by atoms with E-state index in [4.69, 9.17) is 0 Å². The van der Waals surface area contributed by atoms with Crippen LogP contribution in [0, 0.1) is 0 Å². The van der Waals surface area contributed by atoms with E-state index in [1.807, 2.05) is 0 Å². The fourth-order valence-corrected chi connectivity index (χ4v) is 3.58. The van der Waals surface area contributed by atoms with Gasteiger partial charge in [-0.3, -0.25) is 4.90 Å². The molecule has 0 spiro atoms. The number of nitrogens with one attached hydrogen (secondary N) is 1. The summed E-state index contributed by atoms with van der Waals surface area (Å²) in [6, 6.07) is 2.38. The summed E-state index contributed by atoms with van der Waals surface area (Å²) in [6.45, 7) is 8.99. The maximum atomic E-state index is 3.82. The molecule has 3 fully saturated rings. The Morgan fingerprint density at radius 2 is 1.78 bits per heavy atom. The molecule has 2 heterocycles. The van der Waals surface area contributed by atoms with Gasteiger partial charge in [-0.2, -0.15) is 0 Å². The van der Waals surface area contributed by atoms with Crippen LogP contribution in [-0.2, 0) is 0 Å². The van der Waals surface area contributed by atoms with Crippen molar-refractivity contribution in [2.24, 2.45) is 0 Å². The van der Waals surface area contributed by atoms with E-state index in [2.05, 4.69) is 22.0 Å². The zero-order valence-electron chi connectivity index (χ0n) is 11.9. The summed E-state index contributed by atoms with van der Waals surface area (Å²) in [5.41, 5.74) is 0. The molecule has 2 atom stereocenters. The lowest BCUT2D eigenvalue weighted by Crippen LogP contribution is -2.51. The van der Waals surface area contributed by atoms with E-state index in [1.54, 1.807) is 0 Å². The third kappa shape index (κ3) is 3.46. The van der Waals surface area contributed by atoms with Gasteiger partial charge >= 0.3 is 0 Å². The average Bonchev–Trinajstić information content (AvgIpc) is 3.04. The largest absolute Gasteiger partial charge is 0.310 e. The van der Waals surface area contributed by atoms with Gasteiger partial charge in [0.2, 0.25) is 0 Å². The number of hydrogen-bond acceptors (Lipinski definition) is 3. The highest BCUT2D eigenvalue weighted by atomic mass is 15.2. The molecule has 1 saturated carbocycles. The minimum absolute atomic E-state index is 0.743. The Kier molecular flexibility index (Phi) is 4.22. The van der Waals surface area contributed by atoms with Crippen LogP contribution in [0.25, 0.3) is 0 Å². The topological polar surface area (TPSA) is 18.5 Å². The highest BCUT2D eigenvalue weighted by Gasteiger charge is 2.29. The van der Waals surface area contributed by atoms with Crippen LogP contribution in [-0.4, -0.2) is 60.6 Å². The fourth-order valence-electron chi connectivity index (χ4n) is 3.58. The maximum Gasteiger partial charge on any atom is 0.0198 e. The zero-order valence-corrected chi connectivity index (χ0v) is 11.9. The van der Waals surface area contributed by atoms with Crippen molar-refractivity contribution in [3.05, 3.63) is 0 Å². The van der Waals surface area contributed by atoms with Crippen LogP contribution in [0.4, 0.5) is 0 Å². The third-order valence-corrected chi connectivity index (χ3v) is 4.85. The summed E-state index contributed by atoms with van der Waals surface area (Å²) in [4.78, 5) is 5.38. The molecular weight excluding hydrogens is 222 g/mol. The molecule has 2 saturated heterocycles. The second-order valence-electron chi connectivity index (χ2n) is 6.63. The lowest BCUT2D eigenvalue weighted by atomic mass is 10.0. The van der Waals surface area contributed by atoms with Crippen LogP contribution in [0.15, 0.2) is 0 Å². The minimum atomic E-state index is 0.743. The van der Waals surface area contributed by atoms with Gasteiger partial charge in [0.05, 0.1) is 0 Å². The number of nitrogens with zero attached hydrogens (tertiary/aromatic N) is 2. The van der Waals surface area contributed by atoms with Crippen LogP contribution in [0.2, 0.25) is 0 Å². The summed E-state index contributed by atoms with van der Waals surface area (Å²) in [5, 5.41) is 3.82. The molecule has 0 bridgehead atoms. The molecule has 2 unspecified atom stereocenters. The van der Waals surface area contributed by atoms with E-state index in [9.17, 15) is 0 Å². The average molecular weight is 251 g/mol. The van der Waals surface area contributed by atoms with Crippen LogP contribution in [0.5, 0.6) is 0 Å². The van der Waals surface area contributed by atoms with Gasteiger partial charge in [0.1, 0.15) is 0 Å². The van der Waals surface area contributed by atoms with Crippen molar-refractivity contribution >= 4 is 0 Å². The first kappa shape index (κ1) is 12.9. The van der Waals surface area contributed by atoms with Gasteiger partial charge in [0, 0.05) is 31.2 Å². The standard InChI is InChI=1S/C15H29N3/c1-13(11-17-8-2-3-9-17)18-10-4-5-15(12-18)16-14-6-7-14/h13-16H,2-12H2,1H3. The van der Waals surface area contributed by atoms with Crippen molar-refractivity contribution in [2.45, 2.75) is 63.6 Å². The molecule has 3 rings (SSSR count). The Labute approximate surface area is 112 Å². The summed E-state index contributed by atoms with van der Waals surface area (Å²) in [6.07, 6.45) is 8.44. The lowest BCUT2D eigenvalue weighted by Gasteiger charge is -2.38. The molecule has 0 aromatic rings. The monoisotopic (exact) mass is 251 g/mol. The molecule has 0 amide bonds. The highest BCUT2D eigenvalue weighted by molar-refractivity contribution is 4.89. The molecule has 3 aliphatic rings. The van der Waals surface area contributed by atoms with Gasteiger partial charge in [-0.1, -0.05) is 0 Å². The molecule has 18 heavy (non-hydrogen) atoms. The van der Waals surface area contributed by atoms with E-state index in [0.29, 0.717) is 0 Å². The summed E-state index contributed by atoms with van der Waals surface area (Å²) >= 11 is 0. The van der Waals surface area contributed by atoms with Gasteiger partial charge in [-0.25, -0.2) is 0 Å². The first-order valence-electron chi connectivity index (χ1n) is 8.04. The maximum absolute atomic E-state index is 3.82. The van der Waals surface area contributed by atoms with Gasteiger partial charge < -0.3 is 10.2 Å². The molecule has 3 nitrogen and oxygen atoms in total. The Morgan fingerprint density at radius 3 is 2.50 bits per heavy atom. The number of piperidine rings is 1. The smallest absolute Gasteiger partial charge is 0.0198 e. The van der Waals surface area contributed by atoms with E-state index < -0.39 is 0 Å². The molecule has 2 aliphatic heterocycles. The molecule has 1 aliphatic carbocycles. The van der Waals surface area contributed by atoms with Crippen LogP contribution < -0.4 is 5.32 Å². The normalized spacial score (nSPS) is 32.8. The highest BCUT2D eigenvalue weighted by Crippen LogP contribution is 2.22. The van der Waals surface area contributed by atoms with Crippen LogP contribution in [0.3, 0.4) is 0 Å². The van der Waals surface area contributed by atoms with Gasteiger partial charge in [-0.15, -0.1) is 0 Å². The predicted molar refractivity (Wildman–Crippen MR) is 75.9 cm³/mol. The number of likely N-dealkylation sites (tertiary alicyclic amines) is 2. The van der Waals surface area contributed by atoms with E-state index >= 15 is 0 Å². The van der Waals surface area contributed by atoms with Crippen molar-refractivity contribution < 1.29 is 0 Å². The molecule has 1 N–H and O–H groups in total. The fraction of sp³-hybridized carbons (Fsp3) is 1.00. The second-order valence-corrected chi connectivity index (χ2v) is 6.63. The van der Waals surface area contributed by atoms with E-state index in [1.165, 1.54) is 71.2 Å². The van der Waals surface area contributed by atoms with E-state index in [-0.39, 0.29) is 0 Å². The van der Waals surface area contributed by atoms with Gasteiger partial charge in [0.15, 0.2) is 0 Å². The quantitative estimate of drug-likeness (QED) is 0.802. The Balaban J connectivity index is 1.44. The SMILES string of the molecule is CC(CN1CCCC1)N1CCCC(NC2CC2)C1. The lowest BCUT2D eigenvalue weighted by molar-refractivity contribution is 0.118. The summed E-state index contributed by atoms with van der Waals surface area (Å²) in [5.74, 6) is 0. The summed E-state index contributed by atoms with van der Waals surface area (Å²) in [7, 11) is 0. The first-order chi connectivity index (χ1) is 8.81. The van der Waals surface area contributed by atoms with Crippen molar-refractivity contribution in [2.75, 3.05) is 32.7 Å². The van der Waals surface area contributed by atoms with Crippen molar-refractivity contribution in [1.29, 1.82) is 0 Å². The Hall–Kier alpha value is -0.120.